The van der Waals surface area contributed by atoms with Crippen LogP contribution < -0.4 is 10.7 Å². The van der Waals surface area contributed by atoms with Crippen LogP contribution in [0.25, 0.3) is 5.52 Å². The number of hydrogen-bond acceptors (Lipinski definition) is 3. The van der Waals surface area contributed by atoms with Crippen LogP contribution in [-0.4, -0.2) is 20.7 Å². The van der Waals surface area contributed by atoms with E-state index < -0.39 is 0 Å². The zero-order valence-corrected chi connectivity index (χ0v) is 9.78. The molecule has 0 saturated carbocycles. The van der Waals surface area contributed by atoms with E-state index in [1.165, 1.54) is 6.07 Å². The molecule has 2 rings (SSSR count). The van der Waals surface area contributed by atoms with Crippen molar-refractivity contribution in [3.8, 4) is 0 Å². The number of aromatic nitrogens is 3. The molecule has 0 atom stereocenters. The predicted octanol–water partition coefficient (Wildman–Crippen LogP) is 0.357. The van der Waals surface area contributed by atoms with Gasteiger partial charge in [-0.05, 0) is 6.92 Å². The molecular formula is C11H14N4O2. The SMILES string of the molecule is CCC(=O)NCc1c(C)n2[nH]ncc2cc1=O. The molecule has 2 N–H and O–H groups in total. The molecule has 0 radical (unpaired) electrons. The van der Waals surface area contributed by atoms with Gasteiger partial charge >= 0.3 is 0 Å². The van der Waals surface area contributed by atoms with E-state index in [0.29, 0.717) is 12.0 Å². The number of aryl methyl sites for hydroxylation is 1. The Hall–Kier alpha value is -2.11. The fourth-order valence-corrected chi connectivity index (χ4v) is 1.70. The van der Waals surface area contributed by atoms with E-state index in [-0.39, 0.29) is 17.9 Å². The molecule has 17 heavy (non-hydrogen) atoms. The van der Waals surface area contributed by atoms with Crippen molar-refractivity contribution in [2.75, 3.05) is 0 Å². The van der Waals surface area contributed by atoms with Gasteiger partial charge in [-0.15, -0.1) is 0 Å². The van der Waals surface area contributed by atoms with Crippen LogP contribution in [0, 0.1) is 6.92 Å². The lowest BCUT2D eigenvalue weighted by Gasteiger charge is -2.07. The smallest absolute Gasteiger partial charge is 0.219 e. The Kier molecular flexibility index (Phi) is 2.95. The van der Waals surface area contributed by atoms with Crippen molar-refractivity contribution >= 4 is 11.4 Å². The maximum Gasteiger partial charge on any atom is 0.219 e. The first kappa shape index (κ1) is 11.4. The fraction of sp³-hybridized carbons (Fsp3) is 0.364. The second kappa shape index (κ2) is 4.40. The first-order valence-electron chi connectivity index (χ1n) is 5.44. The lowest BCUT2D eigenvalue weighted by atomic mass is 10.2. The number of carbonyl (C=O) groups is 1. The van der Waals surface area contributed by atoms with Crippen molar-refractivity contribution in [1.82, 2.24) is 20.1 Å². The number of nitrogens with zero attached hydrogens (tertiary/aromatic N) is 2. The van der Waals surface area contributed by atoms with Crippen molar-refractivity contribution in [3.05, 3.63) is 33.7 Å². The fourth-order valence-electron chi connectivity index (χ4n) is 1.70. The number of aromatic amines is 1. The van der Waals surface area contributed by atoms with Gasteiger partial charge in [0.1, 0.15) is 0 Å². The number of fused-ring (bicyclic) bond motifs is 1. The number of nitrogens with one attached hydrogen (secondary N) is 2. The van der Waals surface area contributed by atoms with Crippen LogP contribution in [0.1, 0.15) is 24.6 Å². The van der Waals surface area contributed by atoms with Crippen molar-refractivity contribution in [2.24, 2.45) is 0 Å². The van der Waals surface area contributed by atoms with Crippen molar-refractivity contribution < 1.29 is 4.79 Å². The van der Waals surface area contributed by atoms with Crippen molar-refractivity contribution in [1.29, 1.82) is 0 Å². The molecule has 0 aromatic carbocycles. The average molecular weight is 234 g/mol. The van der Waals surface area contributed by atoms with E-state index in [4.69, 9.17) is 0 Å². The molecular weight excluding hydrogens is 220 g/mol. The average Bonchev–Trinajstić information content (AvgIpc) is 2.76. The number of carbonyl (C=O) groups excluding carboxylic acids is 1. The molecule has 0 aliphatic heterocycles. The minimum absolute atomic E-state index is 0.0708. The molecule has 0 aliphatic carbocycles. The van der Waals surface area contributed by atoms with E-state index in [1.54, 1.807) is 17.6 Å². The first-order chi connectivity index (χ1) is 8.13. The van der Waals surface area contributed by atoms with Gasteiger partial charge in [0.05, 0.1) is 11.7 Å². The zero-order valence-electron chi connectivity index (χ0n) is 9.78. The summed E-state index contributed by atoms with van der Waals surface area (Å²) in [6.07, 6.45) is 2.00. The lowest BCUT2D eigenvalue weighted by molar-refractivity contribution is -0.120. The molecule has 6 heteroatoms. The van der Waals surface area contributed by atoms with Gasteiger partial charge in [-0.3, -0.25) is 9.59 Å². The Bertz CT molecular complexity index is 611. The number of rotatable bonds is 3. The van der Waals surface area contributed by atoms with Crippen LogP contribution in [0.2, 0.25) is 0 Å². The summed E-state index contributed by atoms with van der Waals surface area (Å²) in [4.78, 5) is 23.0. The quantitative estimate of drug-likeness (QED) is 0.804. The van der Waals surface area contributed by atoms with E-state index in [0.717, 1.165) is 11.2 Å². The summed E-state index contributed by atoms with van der Waals surface area (Å²) in [7, 11) is 0. The standard InChI is InChI=1S/C11H14N4O2/c1-3-11(17)12-6-9-7(2)15-8(4-10(9)16)5-13-14-15/h4-5,14H,3,6H2,1-2H3,(H,12,17). The summed E-state index contributed by atoms with van der Waals surface area (Å²) in [5.41, 5.74) is 1.98. The van der Waals surface area contributed by atoms with Gasteiger partial charge in [0, 0.05) is 30.3 Å². The van der Waals surface area contributed by atoms with E-state index in [1.807, 2.05) is 6.92 Å². The molecule has 0 saturated heterocycles. The Morgan fingerprint density at radius 2 is 2.35 bits per heavy atom. The highest BCUT2D eigenvalue weighted by molar-refractivity contribution is 5.75. The number of pyridine rings is 1. The predicted molar refractivity (Wildman–Crippen MR) is 62.7 cm³/mol. The number of hydrogen-bond donors (Lipinski definition) is 2. The van der Waals surface area contributed by atoms with Crippen LogP contribution in [0.3, 0.4) is 0 Å². The van der Waals surface area contributed by atoms with Crippen molar-refractivity contribution in [3.63, 3.8) is 0 Å². The van der Waals surface area contributed by atoms with Gasteiger partial charge in [0.25, 0.3) is 0 Å². The van der Waals surface area contributed by atoms with E-state index in [2.05, 4.69) is 15.6 Å². The summed E-state index contributed by atoms with van der Waals surface area (Å²) in [5, 5.41) is 9.34. The second-order valence-electron chi connectivity index (χ2n) is 3.82. The summed E-state index contributed by atoms with van der Waals surface area (Å²) >= 11 is 0. The highest BCUT2D eigenvalue weighted by Gasteiger charge is 2.09. The number of H-pyrrole nitrogens is 1. The van der Waals surface area contributed by atoms with Crippen molar-refractivity contribution in [2.45, 2.75) is 26.8 Å². The largest absolute Gasteiger partial charge is 0.352 e. The van der Waals surface area contributed by atoms with Gasteiger partial charge < -0.3 is 5.32 Å². The topological polar surface area (TPSA) is 79.3 Å². The first-order valence-corrected chi connectivity index (χ1v) is 5.44. The maximum atomic E-state index is 11.8. The molecule has 90 valence electrons. The molecule has 0 aliphatic rings. The van der Waals surface area contributed by atoms with Gasteiger partial charge in [0.2, 0.25) is 5.91 Å². The van der Waals surface area contributed by atoms with Crippen LogP contribution >= 0.6 is 0 Å². The molecule has 2 aromatic rings. The summed E-state index contributed by atoms with van der Waals surface area (Å²) in [5.74, 6) is -0.0708. The van der Waals surface area contributed by atoms with Crippen LogP contribution in [0.4, 0.5) is 0 Å². The molecule has 6 nitrogen and oxygen atoms in total. The highest BCUT2D eigenvalue weighted by Crippen LogP contribution is 2.05. The third kappa shape index (κ3) is 2.06. The maximum absolute atomic E-state index is 11.8. The lowest BCUT2D eigenvalue weighted by Crippen LogP contribution is -2.26. The Labute approximate surface area is 97.6 Å². The third-order valence-electron chi connectivity index (χ3n) is 2.74. The molecule has 0 unspecified atom stereocenters. The van der Waals surface area contributed by atoms with Gasteiger partial charge in [-0.2, -0.15) is 5.10 Å². The monoisotopic (exact) mass is 234 g/mol. The van der Waals surface area contributed by atoms with Gasteiger partial charge in [-0.1, -0.05) is 6.92 Å². The zero-order chi connectivity index (χ0) is 12.4. The molecule has 0 bridgehead atoms. The second-order valence-corrected chi connectivity index (χ2v) is 3.82. The summed E-state index contributed by atoms with van der Waals surface area (Å²) < 4.78 is 1.72. The van der Waals surface area contributed by atoms with E-state index >= 15 is 0 Å². The molecule has 0 spiro atoms. The highest BCUT2D eigenvalue weighted by atomic mass is 16.1. The normalized spacial score (nSPS) is 10.7. The molecule has 2 aromatic heterocycles. The van der Waals surface area contributed by atoms with Crippen LogP contribution in [0.15, 0.2) is 17.1 Å². The Morgan fingerprint density at radius 1 is 1.59 bits per heavy atom. The Morgan fingerprint density at radius 3 is 3.06 bits per heavy atom. The molecule has 0 fully saturated rings. The Balaban J connectivity index is 2.39. The molecule has 2 heterocycles. The van der Waals surface area contributed by atoms with Crippen LogP contribution in [0.5, 0.6) is 0 Å². The summed E-state index contributed by atoms with van der Waals surface area (Å²) in [6, 6.07) is 1.50. The van der Waals surface area contributed by atoms with E-state index in [9.17, 15) is 9.59 Å². The van der Waals surface area contributed by atoms with Gasteiger partial charge in [0.15, 0.2) is 5.43 Å². The number of amides is 1. The summed E-state index contributed by atoms with van der Waals surface area (Å²) in [6.45, 7) is 3.84. The minimum Gasteiger partial charge on any atom is -0.352 e. The van der Waals surface area contributed by atoms with Crippen LogP contribution in [-0.2, 0) is 11.3 Å². The van der Waals surface area contributed by atoms with Gasteiger partial charge in [-0.25, -0.2) is 9.73 Å². The minimum atomic E-state index is -0.0831. The molecule has 1 amide bonds. The third-order valence-corrected chi connectivity index (χ3v) is 2.74.